The van der Waals surface area contributed by atoms with Gasteiger partial charge in [-0.3, -0.25) is 10.1 Å². The number of hydrogen-bond acceptors (Lipinski definition) is 7. The molecule has 0 unspecified atom stereocenters. The van der Waals surface area contributed by atoms with Gasteiger partial charge in [-0.05, 0) is 66.5 Å². The molecule has 3 aromatic rings. The standard InChI is InChI=1S/C35H34Cl6N4O6/c1-48-25-14-12-24(13-15-25)42-33(47)44-32(35(39,40)41)51-28-10-6-5-9-27(28)50-31(34(36,37)38)43-30(46)26-16-11-23(21-22-7-3-2-4-8-22)29(26)45-17-19-49-20-18-45/h2-10,12-15,21,31-32H,11,16-20H2,1H3,(H,43,46)(H2,42,44,47)/b23-21+/t31-,32+/m1/s1. The van der Waals surface area contributed by atoms with Crippen LogP contribution in [-0.4, -0.2) is 70.3 Å². The van der Waals surface area contributed by atoms with E-state index in [2.05, 4.69) is 26.9 Å². The van der Waals surface area contributed by atoms with Gasteiger partial charge in [0.2, 0.25) is 20.0 Å². The maximum absolute atomic E-state index is 14.0. The van der Waals surface area contributed by atoms with Gasteiger partial charge in [0.15, 0.2) is 11.5 Å². The Kier molecular flexibility index (Phi) is 13.4. The fourth-order valence-electron chi connectivity index (χ4n) is 5.41. The van der Waals surface area contributed by atoms with Gasteiger partial charge in [0.05, 0.1) is 20.3 Å². The van der Waals surface area contributed by atoms with Crippen LogP contribution in [0.5, 0.6) is 17.2 Å². The smallest absolute Gasteiger partial charge is 0.322 e. The number of alkyl halides is 6. The highest BCUT2D eigenvalue weighted by Crippen LogP contribution is 2.40. The number of carbonyl (C=O) groups is 2. The van der Waals surface area contributed by atoms with Crippen molar-refractivity contribution in [3.05, 3.63) is 101 Å². The third-order valence-electron chi connectivity index (χ3n) is 7.78. The molecule has 2 aliphatic rings. The van der Waals surface area contributed by atoms with Crippen LogP contribution < -0.4 is 30.2 Å². The summed E-state index contributed by atoms with van der Waals surface area (Å²) < 4.78 is 18.5. The first-order valence-corrected chi connectivity index (χ1v) is 18.0. The van der Waals surface area contributed by atoms with Gasteiger partial charge in [-0.1, -0.05) is 112 Å². The summed E-state index contributed by atoms with van der Waals surface area (Å²) in [4.78, 5) is 29.0. The van der Waals surface area contributed by atoms with Crippen LogP contribution in [-0.2, 0) is 9.53 Å². The first-order chi connectivity index (χ1) is 24.3. The maximum Gasteiger partial charge on any atom is 0.322 e. The first kappa shape index (κ1) is 39.0. The van der Waals surface area contributed by atoms with E-state index in [4.69, 9.17) is 88.6 Å². The van der Waals surface area contributed by atoms with E-state index >= 15 is 0 Å². The van der Waals surface area contributed by atoms with Crippen molar-refractivity contribution in [2.24, 2.45) is 0 Å². The minimum atomic E-state index is -2.15. The molecule has 51 heavy (non-hydrogen) atoms. The number of benzene rings is 3. The number of methoxy groups -OCH3 is 1. The summed E-state index contributed by atoms with van der Waals surface area (Å²) in [5.41, 5.74) is 3.81. The normalized spacial score (nSPS) is 17.1. The minimum Gasteiger partial charge on any atom is -0.497 e. The molecule has 1 aliphatic heterocycles. The molecule has 1 heterocycles. The van der Waals surface area contributed by atoms with Crippen molar-refractivity contribution in [2.45, 2.75) is 32.9 Å². The van der Waals surface area contributed by atoms with Crippen molar-refractivity contribution >= 4 is 93.3 Å². The number of rotatable bonds is 11. The van der Waals surface area contributed by atoms with Crippen LogP contribution in [0.3, 0.4) is 0 Å². The van der Waals surface area contributed by atoms with E-state index < -0.39 is 32.0 Å². The Morgan fingerprint density at radius 1 is 0.784 bits per heavy atom. The van der Waals surface area contributed by atoms with E-state index in [1.54, 1.807) is 36.4 Å². The van der Waals surface area contributed by atoms with Gasteiger partial charge < -0.3 is 34.5 Å². The first-order valence-electron chi connectivity index (χ1n) is 15.7. The Hall–Kier alpha value is -3.22. The summed E-state index contributed by atoms with van der Waals surface area (Å²) in [6, 6.07) is 22.0. The minimum absolute atomic E-state index is 0.00856. The predicted octanol–water partition coefficient (Wildman–Crippen LogP) is 8.25. The number of nitrogens with zero attached hydrogens (tertiary/aromatic N) is 1. The van der Waals surface area contributed by atoms with E-state index in [1.165, 1.54) is 19.2 Å². The van der Waals surface area contributed by atoms with Gasteiger partial charge in [0.1, 0.15) is 5.75 Å². The molecule has 16 heteroatoms. The molecule has 1 saturated heterocycles. The number of para-hydroxylation sites is 2. The fraction of sp³-hybridized carbons (Fsp3) is 0.314. The zero-order valence-corrected chi connectivity index (χ0v) is 31.7. The van der Waals surface area contributed by atoms with Crippen molar-refractivity contribution in [2.75, 3.05) is 38.7 Å². The molecule has 0 bridgehead atoms. The van der Waals surface area contributed by atoms with Crippen LogP contribution >= 0.6 is 69.6 Å². The van der Waals surface area contributed by atoms with Crippen LogP contribution in [0.25, 0.3) is 6.08 Å². The molecule has 0 aromatic heterocycles. The molecule has 10 nitrogen and oxygen atoms in total. The van der Waals surface area contributed by atoms with Crippen LogP contribution in [0.15, 0.2) is 95.7 Å². The van der Waals surface area contributed by atoms with Crippen LogP contribution in [0, 0.1) is 0 Å². The lowest BCUT2D eigenvalue weighted by Crippen LogP contribution is -2.50. The molecule has 3 N–H and O–H groups in total. The lowest BCUT2D eigenvalue weighted by Gasteiger charge is -2.32. The third-order valence-corrected chi connectivity index (χ3v) is 8.97. The second-order valence-electron chi connectivity index (χ2n) is 11.3. The number of hydrogen-bond donors (Lipinski definition) is 3. The molecule has 0 saturated carbocycles. The highest BCUT2D eigenvalue weighted by atomic mass is 35.6. The van der Waals surface area contributed by atoms with Gasteiger partial charge in [-0.15, -0.1) is 0 Å². The average molecular weight is 819 g/mol. The molecular formula is C35H34Cl6N4O6. The summed E-state index contributed by atoms with van der Waals surface area (Å²) in [5.74, 6) is 0.156. The number of urea groups is 1. The van der Waals surface area contributed by atoms with Gasteiger partial charge in [-0.25, -0.2) is 4.79 Å². The molecule has 0 spiro atoms. The number of amides is 3. The van der Waals surface area contributed by atoms with Gasteiger partial charge in [-0.2, -0.15) is 0 Å². The third kappa shape index (κ3) is 10.9. The molecule has 1 aliphatic carbocycles. The Morgan fingerprint density at radius 2 is 1.35 bits per heavy atom. The highest BCUT2D eigenvalue weighted by Gasteiger charge is 2.40. The predicted molar refractivity (Wildman–Crippen MR) is 202 cm³/mol. The lowest BCUT2D eigenvalue weighted by molar-refractivity contribution is -0.120. The van der Waals surface area contributed by atoms with Crippen molar-refractivity contribution in [3.63, 3.8) is 0 Å². The second-order valence-corrected chi connectivity index (χ2v) is 16.1. The summed E-state index contributed by atoms with van der Waals surface area (Å²) in [6.45, 7) is 2.29. The Balaban J connectivity index is 1.36. The number of anilines is 1. The number of carbonyl (C=O) groups excluding carboxylic acids is 2. The average Bonchev–Trinajstić information content (AvgIpc) is 3.52. The van der Waals surface area contributed by atoms with Crippen molar-refractivity contribution in [3.8, 4) is 17.2 Å². The monoisotopic (exact) mass is 816 g/mol. The van der Waals surface area contributed by atoms with Crippen LogP contribution in [0.4, 0.5) is 10.5 Å². The maximum atomic E-state index is 14.0. The topological polar surface area (TPSA) is 110 Å². The molecule has 1 fully saturated rings. The lowest BCUT2D eigenvalue weighted by atomic mass is 10.1. The SMILES string of the molecule is COc1ccc(NC(=O)N[C@@H](Oc2ccccc2O[C@@H](NC(=O)C2=C(N3CCOCC3)/C(=C/c3ccccc3)CC2)C(Cl)(Cl)Cl)C(Cl)(Cl)Cl)cc1. The zero-order chi connectivity index (χ0) is 36.6. The molecular weight excluding hydrogens is 785 g/mol. The van der Waals surface area contributed by atoms with E-state index in [0.717, 1.165) is 16.8 Å². The quantitative estimate of drug-likeness (QED) is 0.132. The molecule has 2 atom stereocenters. The number of morpholine rings is 1. The Labute approximate surface area is 325 Å². The number of nitrogens with one attached hydrogen (secondary N) is 3. The largest absolute Gasteiger partial charge is 0.497 e. The van der Waals surface area contributed by atoms with E-state index in [0.29, 0.717) is 56.2 Å². The van der Waals surface area contributed by atoms with Crippen LogP contribution in [0.1, 0.15) is 18.4 Å². The highest BCUT2D eigenvalue weighted by molar-refractivity contribution is 6.68. The summed E-state index contributed by atoms with van der Waals surface area (Å²) >= 11 is 37.8. The number of allylic oxidation sites excluding steroid dienone is 1. The van der Waals surface area contributed by atoms with Gasteiger partial charge in [0, 0.05) is 30.0 Å². The van der Waals surface area contributed by atoms with Gasteiger partial charge in [0.25, 0.3) is 5.91 Å². The summed E-state index contributed by atoms with van der Waals surface area (Å²) in [6.07, 6.45) is 0.142. The summed E-state index contributed by atoms with van der Waals surface area (Å²) in [7, 11) is 1.53. The Morgan fingerprint density at radius 3 is 1.92 bits per heavy atom. The number of ether oxygens (including phenoxy) is 4. The fourth-order valence-corrected chi connectivity index (χ4v) is 6.00. The number of halogens is 6. The van der Waals surface area contributed by atoms with E-state index in [1.807, 2.05) is 30.3 Å². The van der Waals surface area contributed by atoms with Crippen molar-refractivity contribution in [1.29, 1.82) is 0 Å². The van der Waals surface area contributed by atoms with E-state index in [-0.39, 0.29) is 11.5 Å². The van der Waals surface area contributed by atoms with Crippen LogP contribution in [0.2, 0.25) is 0 Å². The van der Waals surface area contributed by atoms with Gasteiger partial charge >= 0.3 is 6.03 Å². The second kappa shape index (κ2) is 17.5. The van der Waals surface area contributed by atoms with E-state index in [9.17, 15) is 9.59 Å². The molecule has 5 rings (SSSR count). The molecule has 3 amide bonds. The van der Waals surface area contributed by atoms with Crippen molar-refractivity contribution < 1.29 is 28.5 Å². The van der Waals surface area contributed by atoms with Crippen molar-refractivity contribution in [1.82, 2.24) is 15.5 Å². The summed E-state index contributed by atoms with van der Waals surface area (Å²) in [5, 5.41) is 7.88. The molecule has 3 aromatic carbocycles. The Bertz CT molecular complexity index is 1720. The zero-order valence-electron chi connectivity index (χ0n) is 27.1. The molecule has 0 radical (unpaired) electrons. The molecule has 272 valence electrons.